The van der Waals surface area contributed by atoms with Crippen LogP contribution in [0.1, 0.15) is 62.5 Å². The van der Waals surface area contributed by atoms with Crippen molar-refractivity contribution in [3.8, 4) is 0 Å². The van der Waals surface area contributed by atoms with Crippen LogP contribution in [0.5, 0.6) is 0 Å². The number of carbonyl (C=O) groups excluding carboxylic acids is 2. The Bertz CT molecular complexity index is 651. The van der Waals surface area contributed by atoms with Gasteiger partial charge in [-0.2, -0.15) is 0 Å². The molecule has 5 nitrogen and oxygen atoms in total. The minimum absolute atomic E-state index is 0.0231. The van der Waals surface area contributed by atoms with Gasteiger partial charge in [-0.3, -0.25) is 9.59 Å². The summed E-state index contributed by atoms with van der Waals surface area (Å²) in [4.78, 5) is 28.1. The maximum Gasteiger partial charge on any atom is 0.225 e. The minimum atomic E-state index is -1.71. The van der Waals surface area contributed by atoms with Crippen LogP contribution in [0.4, 0.5) is 5.82 Å². The van der Waals surface area contributed by atoms with Crippen molar-refractivity contribution in [3.63, 3.8) is 0 Å². The molecular weight excluding hydrogens is 332 g/mol. The van der Waals surface area contributed by atoms with Gasteiger partial charge in [-0.15, -0.1) is 0 Å². The number of fused-ring (bicyclic) bond motifs is 1. The number of hydrogen-bond donors (Lipinski definition) is 1. The molecule has 1 aliphatic rings. The van der Waals surface area contributed by atoms with E-state index in [1.165, 1.54) is 0 Å². The van der Waals surface area contributed by atoms with E-state index in [9.17, 15) is 9.59 Å². The first-order chi connectivity index (χ1) is 11.6. The van der Waals surface area contributed by atoms with Crippen molar-refractivity contribution in [1.82, 2.24) is 4.98 Å². The molecule has 25 heavy (non-hydrogen) atoms. The van der Waals surface area contributed by atoms with Gasteiger partial charge in [0.25, 0.3) is 0 Å². The number of anilines is 1. The molecule has 2 heterocycles. The summed E-state index contributed by atoms with van der Waals surface area (Å²) in [5.74, 6) is 0.533. The lowest BCUT2D eigenvalue weighted by Gasteiger charge is -2.36. The van der Waals surface area contributed by atoms with Gasteiger partial charge in [0, 0.05) is 19.4 Å². The smallest absolute Gasteiger partial charge is 0.225 e. The number of carbonyl (C=O) groups is 2. The monoisotopic (exact) mass is 362 g/mol. The fourth-order valence-corrected chi connectivity index (χ4v) is 3.54. The molecule has 2 rings (SSSR count). The molecule has 0 aromatic carbocycles. The third-order valence-electron chi connectivity index (χ3n) is 5.21. The summed E-state index contributed by atoms with van der Waals surface area (Å²) in [6, 6.07) is 3.67. The number of hydrogen-bond acceptors (Lipinski definition) is 4. The Labute approximate surface area is 151 Å². The lowest BCUT2D eigenvalue weighted by atomic mass is 10.0. The van der Waals surface area contributed by atoms with E-state index in [0.29, 0.717) is 37.4 Å². The van der Waals surface area contributed by atoms with E-state index >= 15 is 0 Å². The Morgan fingerprint density at radius 2 is 1.96 bits per heavy atom. The second kappa shape index (κ2) is 7.79. The van der Waals surface area contributed by atoms with Gasteiger partial charge in [0.2, 0.25) is 5.91 Å². The molecule has 0 saturated heterocycles. The Balaban J connectivity index is 1.80. The highest BCUT2D eigenvalue weighted by Crippen LogP contribution is 2.36. The fraction of sp³-hybridized carbons (Fsp3) is 0.632. The third kappa shape index (κ3) is 5.22. The first-order valence-electron chi connectivity index (χ1n) is 9.07. The first kappa shape index (κ1) is 19.8. The van der Waals surface area contributed by atoms with Crippen molar-refractivity contribution in [2.75, 3.05) is 11.9 Å². The predicted molar refractivity (Wildman–Crippen MR) is 103 cm³/mol. The molecule has 1 N–H and O–H groups in total. The summed E-state index contributed by atoms with van der Waals surface area (Å²) in [6.07, 6.45) is 3.29. The maximum atomic E-state index is 12.3. The normalized spacial score (nSPS) is 14.8. The zero-order chi connectivity index (χ0) is 18.7. The van der Waals surface area contributed by atoms with Gasteiger partial charge in [0.05, 0.1) is 0 Å². The molecule has 0 atom stereocenters. The molecular formula is C19H30N2O3Si. The fourth-order valence-electron chi connectivity index (χ4n) is 2.46. The lowest BCUT2D eigenvalue weighted by molar-refractivity contribution is -0.116. The molecule has 0 spiro atoms. The third-order valence-corrected chi connectivity index (χ3v) is 9.75. The van der Waals surface area contributed by atoms with Crippen molar-refractivity contribution >= 4 is 25.8 Å². The summed E-state index contributed by atoms with van der Waals surface area (Å²) in [7, 11) is -1.71. The minimum Gasteiger partial charge on any atom is -0.417 e. The van der Waals surface area contributed by atoms with Crippen LogP contribution in [-0.4, -0.2) is 31.6 Å². The van der Waals surface area contributed by atoms with Crippen LogP contribution in [-0.2, 0) is 15.6 Å². The second-order valence-electron chi connectivity index (χ2n) is 8.24. The van der Waals surface area contributed by atoms with Crippen LogP contribution in [0.15, 0.2) is 12.1 Å². The van der Waals surface area contributed by atoms with Gasteiger partial charge in [-0.05, 0) is 49.0 Å². The van der Waals surface area contributed by atoms with E-state index in [0.717, 1.165) is 18.4 Å². The number of amides is 1. The Morgan fingerprint density at radius 1 is 1.24 bits per heavy atom. The first-order valence-corrected chi connectivity index (χ1v) is 12.0. The van der Waals surface area contributed by atoms with Gasteiger partial charge in [0.1, 0.15) is 11.5 Å². The lowest BCUT2D eigenvalue weighted by Crippen LogP contribution is -2.40. The average Bonchev–Trinajstić information content (AvgIpc) is 2.52. The van der Waals surface area contributed by atoms with Gasteiger partial charge >= 0.3 is 0 Å². The highest BCUT2D eigenvalue weighted by molar-refractivity contribution is 6.74. The van der Waals surface area contributed by atoms with E-state index in [2.05, 4.69) is 44.2 Å². The molecule has 1 aliphatic heterocycles. The van der Waals surface area contributed by atoms with E-state index < -0.39 is 8.32 Å². The number of Topliss-reactive ketones (excluding diaryl/α,β-unsaturated/α-hetero) is 1. The molecule has 1 amide bonds. The SMILES string of the molecule is CC(C)(C)[Si](C)(C)OCCCCC(=O)c1ccc2c(n1)NC(=O)CC2. The number of pyridine rings is 1. The number of nitrogens with zero attached hydrogens (tertiary/aromatic N) is 1. The van der Waals surface area contributed by atoms with Crippen molar-refractivity contribution in [1.29, 1.82) is 0 Å². The highest BCUT2D eigenvalue weighted by Gasteiger charge is 2.36. The number of nitrogens with one attached hydrogen (secondary N) is 1. The summed E-state index contributed by atoms with van der Waals surface area (Å²) in [5, 5.41) is 2.95. The molecule has 0 radical (unpaired) electrons. The van der Waals surface area contributed by atoms with E-state index in [1.807, 2.05) is 6.07 Å². The molecule has 0 aliphatic carbocycles. The van der Waals surface area contributed by atoms with E-state index in [4.69, 9.17) is 4.43 Å². The van der Waals surface area contributed by atoms with Gasteiger partial charge in [-0.1, -0.05) is 26.8 Å². The second-order valence-corrected chi connectivity index (χ2v) is 13.1. The van der Waals surface area contributed by atoms with Crippen LogP contribution >= 0.6 is 0 Å². The molecule has 0 fully saturated rings. The van der Waals surface area contributed by atoms with Crippen molar-refractivity contribution in [3.05, 3.63) is 23.4 Å². The quantitative estimate of drug-likeness (QED) is 0.445. The van der Waals surface area contributed by atoms with Crippen LogP contribution in [0.25, 0.3) is 0 Å². The highest BCUT2D eigenvalue weighted by atomic mass is 28.4. The molecule has 0 bridgehead atoms. The zero-order valence-electron chi connectivity index (χ0n) is 16.1. The van der Waals surface area contributed by atoms with Crippen LogP contribution in [0.3, 0.4) is 0 Å². The molecule has 138 valence electrons. The molecule has 1 aromatic heterocycles. The zero-order valence-corrected chi connectivity index (χ0v) is 17.1. The summed E-state index contributed by atoms with van der Waals surface area (Å²) in [5.41, 5.74) is 1.44. The van der Waals surface area contributed by atoms with Crippen LogP contribution < -0.4 is 5.32 Å². The van der Waals surface area contributed by atoms with Crippen molar-refractivity contribution < 1.29 is 14.0 Å². The van der Waals surface area contributed by atoms with Gasteiger partial charge in [0.15, 0.2) is 14.1 Å². The van der Waals surface area contributed by atoms with E-state index in [-0.39, 0.29) is 16.7 Å². The summed E-state index contributed by atoms with van der Waals surface area (Å²) < 4.78 is 6.13. The Kier molecular flexibility index (Phi) is 6.16. The number of aryl methyl sites for hydroxylation is 1. The largest absolute Gasteiger partial charge is 0.417 e. The van der Waals surface area contributed by atoms with Gasteiger partial charge in [-0.25, -0.2) is 4.98 Å². The number of ketones is 1. The summed E-state index contributed by atoms with van der Waals surface area (Å²) in [6.45, 7) is 11.9. The molecule has 0 unspecified atom stereocenters. The van der Waals surface area contributed by atoms with E-state index in [1.54, 1.807) is 6.07 Å². The number of unbranched alkanes of at least 4 members (excludes halogenated alkanes) is 1. The number of aromatic nitrogens is 1. The topological polar surface area (TPSA) is 68.3 Å². The maximum absolute atomic E-state index is 12.3. The summed E-state index contributed by atoms with van der Waals surface area (Å²) >= 11 is 0. The van der Waals surface area contributed by atoms with Crippen LogP contribution in [0, 0.1) is 0 Å². The Hall–Kier alpha value is -1.53. The molecule has 1 aromatic rings. The Morgan fingerprint density at radius 3 is 2.64 bits per heavy atom. The predicted octanol–water partition coefficient (Wildman–Crippen LogP) is 4.34. The van der Waals surface area contributed by atoms with Crippen LogP contribution in [0.2, 0.25) is 18.1 Å². The molecule has 6 heteroatoms. The van der Waals surface area contributed by atoms with Gasteiger partial charge < -0.3 is 9.74 Å². The molecule has 0 saturated carbocycles. The average molecular weight is 363 g/mol. The van der Waals surface area contributed by atoms with Crippen molar-refractivity contribution in [2.24, 2.45) is 0 Å². The number of rotatable bonds is 7. The standard InChI is InChI=1S/C19H30N2O3Si/c1-19(2,3)25(4,5)24-13-7-6-8-16(22)15-11-9-14-10-12-17(23)21-18(14)20-15/h9,11H,6-8,10,12-13H2,1-5H3,(H,20,21,23). The van der Waals surface area contributed by atoms with Crippen molar-refractivity contribution in [2.45, 2.75) is 71.0 Å².